The van der Waals surface area contributed by atoms with Crippen molar-refractivity contribution in [3.05, 3.63) is 53.6 Å². The molecule has 0 radical (unpaired) electrons. The summed E-state index contributed by atoms with van der Waals surface area (Å²) < 4.78 is 34.0. The number of carbonyl (C=O) groups is 1. The zero-order chi connectivity index (χ0) is 18.0. The summed E-state index contributed by atoms with van der Waals surface area (Å²) in [4.78, 5) is 12.5. The SMILES string of the molecule is C[C@H](NC(=O)c1ccc(S(C)(=O)=O)cc1)c1ccc2c(c1)OCCO2. The second-order valence-corrected chi connectivity index (χ2v) is 7.91. The van der Waals surface area contributed by atoms with E-state index in [4.69, 9.17) is 9.47 Å². The largest absolute Gasteiger partial charge is 0.486 e. The molecule has 6 nitrogen and oxygen atoms in total. The van der Waals surface area contributed by atoms with E-state index in [9.17, 15) is 13.2 Å². The van der Waals surface area contributed by atoms with Gasteiger partial charge in [0.1, 0.15) is 13.2 Å². The van der Waals surface area contributed by atoms with E-state index in [1.54, 1.807) is 0 Å². The van der Waals surface area contributed by atoms with Gasteiger partial charge in [0.2, 0.25) is 0 Å². The molecule has 2 aromatic rings. The zero-order valence-electron chi connectivity index (χ0n) is 14.0. The first kappa shape index (κ1) is 17.3. The van der Waals surface area contributed by atoms with E-state index in [0.29, 0.717) is 30.3 Å². The second kappa shape index (κ2) is 6.76. The molecule has 2 aromatic carbocycles. The average molecular weight is 361 g/mol. The summed E-state index contributed by atoms with van der Waals surface area (Å²) in [6.45, 7) is 2.90. The fourth-order valence-electron chi connectivity index (χ4n) is 2.55. The van der Waals surface area contributed by atoms with Gasteiger partial charge in [0.15, 0.2) is 21.3 Å². The molecule has 0 bridgehead atoms. The van der Waals surface area contributed by atoms with E-state index in [1.165, 1.54) is 24.3 Å². The first-order valence-corrected chi connectivity index (χ1v) is 9.74. The van der Waals surface area contributed by atoms with Gasteiger partial charge in [-0.3, -0.25) is 4.79 Å². The van der Waals surface area contributed by atoms with Gasteiger partial charge in [-0.15, -0.1) is 0 Å². The number of hydrogen-bond acceptors (Lipinski definition) is 5. The minimum atomic E-state index is -3.28. The fourth-order valence-corrected chi connectivity index (χ4v) is 3.18. The van der Waals surface area contributed by atoms with Crippen LogP contribution in [0.25, 0.3) is 0 Å². The number of ether oxygens (including phenoxy) is 2. The summed E-state index contributed by atoms with van der Waals surface area (Å²) in [6, 6.07) is 11.2. The third kappa shape index (κ3) is 3.93. The molecule has 1 heterocycles. The van der Waals surface area contributed by atoms with Crippen molar-refractivity contribution in [1.82, 2.24) is 5.32 Å². The lowest BCUT2D eigenvalue weighted by molar-refractivity contribution is 0.0939. The Morgan fingerprint density at radius 1 is 1.04 bits per heavy atom. The van der Waals surface area contributed by atoms with E-state index in [1.807, 2.05) is 25.1 Å². The highest BCUT2D eigenvalue weighted by atomic mass is 32.2. The molecule has 1 N–H and O–H groups in total. The lowest BCUT2D eigenvalue weighted by atomic mass is 10.1. The van der Waals surface area contributed by atoms with Gasteiger partial charge in [0.25, 0.3) is 5.91 Å². The fraction of sp³-hybridized carbons (Fsp3) is 0.278. The number of rotatable bonds is 4. The standard InChI is InChI=1S/C18H19NO5S/c1-12(14-5-8-16-17(11-14)24-10-9-23-16)19-18(20)13-3-6-15(7-4-13)25(2,21)22/h3-8,11-12H,9-10H2,1-2H3,(H,19,20)/t12-/m0/s1. The van der Waals surface area contributed by atoms with Crippen molar-refractivity contribution in [2.45, 2.75) is 17.9 Å². The van der Waals surface area contributed by atoms with Crippen LogP contribution >= 0.6 is 0 Å². The third-order valence-corrected chi connectivity index (χ3v) is 5.09. The van der Waals surface area contributed by atoms with Crippen molar-refractivity contribution in [2.24, 2.45) is 0 Å². The Kier molecular flexibility index (Phi) is 4.67. The van der Waals surface area contributed by atoms with E-state index in [0.717, 1.165) is 11.8 Å². The van der Waals surface area contributed by atoms with Crippen molar-refractivity contribution < 1.29 is 22.7 Å². The Hall–Kier alpha value is -2.54. The molecule has 0 unspecified atom stereocenters. The second-order valence-electron chi connectivity index (χ2n) is 5.89. The molecule has 0 aliphatic carbocycles. The maximum absolute atomic E-state index is 12.4. The van der Waals surface area contributed by atoms with Crippen LogP contribution in [0.2, 0.25) is 0 Å². The topological polar surface area (TPSA) is 81.7 Å². The Bertz CT molecular complexity index is 890. The van der Waals surface area contributed by atoms with Crippen LogP contribution in [0.3, 0.4) is 0 Å². The number of benzene rings is 2. The molecule has 132 valence electrons. The normalized spacial score (nSPS) is 14.6. The molecule has 0 fully saturated rings. The molecule has 1 aliphatic rings. The summed E-state index contributed by atoms with van der Waals surface area (Å²) in [7, 11) is -3.28. The summed E-state index contributed by atoms with van der Waals surface area (Å²) in [5.74, 6) is 1.09. The van der Waals surface area contributed by atoms with Gasteiger partial charge in [0, 0.05) is 11.8 Å². The van der Waals surface area contributed by atoms with Crippen LogP contribution in [0.1, 0.15) is 28.9 Å². The van der Waals surface area contributed by atoms with E-state index in [-0.39, 0.29) is 16.8 Å². The Balaban J connectivity index is 1.72. The summed E-state index contributed by atoms with van der Waals surface area (Å²) in [5, 5.41) is 2.89. The molecule has 0 spiro atoms. The van der Waals surface area contributed by atoms with Crippen molar-refractivity contribution >= 4 is 15.7 Å². The van der Waals surface area contributed by atoms with Crippen LogP contribution in [0.4, 0.5) is 0 Å². The Morgan fingerprint density at radius 2 is 1.68 bits per heavy atom. The molecule has 0 saturated heterocycles. The van der Waals surface area contributed by atoms with Crippen molar-refractivity contribution in [3.63, 3.8) is 0 Å². The summed E-state index contributed by atoms with van der Waals surface area (Å²) >= 11 is 0. The van der Waals surface area contributed by atoms with Gasteiger partial charge >= 0.3 is 0 Å². The molecule has 3 rings (SSSR count). The average Bonchev–Trinajstić information content (AvgIpc) is 2.60. The number of carbonyl (C=O) groups excluding carboxylic acids is 1. The highest BCUT2D eigenvalue weighted by Crippen LogP contribution is 2.32. The highest BCUT2D eigenvalue weighted by Gasteiger charge is 2.17. The van der Waals surface area contributed by atoms with Crippen LogP contribution in [-0.4, -0.2) is 33.8 Å². The van der Waals surface area contributed by atoms with Gasteiger partial charge < -0.3 is 14.8 Å². The summed E-state index contributed by atoms with van der Waals surface area (Å²) in [5.41, 5.74) is 1.29. The molecule has 1 atom stereocenters. The highest BCUT2D eigenvalue weighted by molar-refractivity contribution is 7.90. The van der Waals surface area contributed by atoms with Gasteiger partial charge in [0.05, 0.1) is 10.9 Å². The predicted molar refractivity (Wildman–Crippen MR) is 92.9 cm³/mol. The van der Waals surface area contributed by atoms with Gasteiger partial charge in [-0.05, 0) is 48.9 Å². The number of amides is 1. The lowest BCUT2D eigenvalue weighted by Crippen LogP contribution is -2.26. The molecule has 0 saturated carbocycles. The van der Waals surface area contributed by atoms with Gasteiger partial charge in [-0.1, -0.05) is 6.07 Å². The van der Waals surface area contributed by atoms with Gasteiger partial charge in [-0.2, -0.15) is 0 Å². The Labute approximate surface area is 146 Å². The molecule has 1 aliphatic heterocycles. The first-order valence-electron chi connectivity index (χ1n) is 7.85. The lowest BCUT2D eigenvalue weighted by Gasteiger charge is -2.21. The number of hydrogen-bond donors (Lipinski definition) is 1. The number of fused-ring (bicyclic) bond motifs is 1. The molecular formula is C18H19NO5S. The van der Waals surface area contributed by atoms with Crippen molar-refractivity contribution in [3.8, 4) is 11.5 Å². The monoisotopic (exact) mass is 361 g/mol. The van der Waals surface area contributed by atoms with Crippen LogP contribution in [0.15, 0.2) is 47.4 Å². The molecule has 1 amide bonds. The first-order chi connectivity index (χ1) is 11.8. The van der Waals surface area contributed by atoms with Crippen LogP contribution in [0, 0.1) is 0 Å². The van der Waals surface area contributed by atoms with Crippen molar-refractivity contribution in [1.29, 1.82) is 0 Å². The zero-order valence-corrected chi connectivity index (χ0v) is 14.8. The maximum Gasteiger partial charge on any atom is 0.251 e. The predicted octanol–water partition coefficient (Wildman–Crippen LogP) is 2.35. The molecule has 7 heteroatoms. The van der Waals surface area contributed by atoms with E-state index < -0.39 is 9.84 Å². The third-order valence-electron chi connectivity index (χ3n) is 3.96. The van der Waals surface area contributed by atoms with Crippen LogP contribution in [0.5, 0.6) is 11.5 Å². The van der Waals surface area contributed by atoms with Gasteiger partial charge in [-0.25, -0.2) is 8.42 Å². The quantitative estimate of drug-likeness (QED) is 0.904. The smallest absolute Gasteiger partial charge is 0.251 e. The van der Waals surface area contributed by atoms with Crippen molar-refractivity contribution in [2.75, 3.05) is 19.5 Å². The minimum Gasteiger partial charge on any atom is -0.486 e. The van der Waals surface area contributed by atoms with E-state index >= 15 is 0 Å². The molecular weight excluding hydrogens is 342 g/mol. The van der Waals surface area contributed by atoms with E-state index in [2.05, 4.69) is 5.32 Å². The van der Waals surface area contributed by atoms with Crippen LogP contribution < -0.4 is 14.8 Å². The minimum absolute atomic E-state index is 0.184. The summed E-state index contributed by atoms with van der Waals surface area (Å²) in [6.07, 6.45) is 1.13. The Morgan fingerprint density at radius 3 is 2.32 bits per heavy atom. The number of sulfone groups is 1. The maximum atomic E-state index is 12.4. The number of nitrogens with one attached hydrogen (secondary N) is 1. The molecule has 25 heavy (non-hydrogen) atoms. The van der Waals surface area contributed by atoms with Crippen LogP contribution in [-0.2, 0) is 9.84 Å². The molecule has 0 aromatic heterocycles.